The number of carbonyl (C=O) groups is 1. The highest BCUT2D eigenvalue weighted by Gasteiger charge is 2.17. The lowest BCUT2D eigenvalue weighted by molar-refractivity contribution is -0.124. The van der Waals surface area contributed by atoms with Gasteiger partial charge in [-0.3, -0.25) is 14.2 Å². The van der Waals surface area contributed by atoms with E-state index in [1.165, 1.54) is 22.8 Å². The van der Waals surface area contributed by atoms with Gasteiger partial charge in [0.25, 0.3) is 11.5 Å². The predicted octanol–water partition coefficient (Wildman–Crippen LogP) is 3.24. The van der Waals surface area contributed by atoms with Crippen LogP contribution in [0.4, 0.5) is 4.39 Å². The Morgan fingerprint density at radius 1 is 1.21 bits per heavy atom. The fourth-order valence-electron chi connectivity index (χ4n) is 2.27. The van der Waals surface area contributed by atoms with Crippen LogP contribution >= 0.6 is 0 Å². The van der Waals surface area contributed by atoms with Gasteiger partial charge in [0.15, 0.2) is 0 Å². The third-order valence-electron chi connectivity index (χ3n) is 3.67. The summed E-state index contributed by atoms with van der Waals surface area (Å²) >= 11 is 0. The molecule has 1 aromatic heterocycles. The number of hydrogen-bond acceptors (Lipinski definition) is 2. The van der Waals surface area contributed by atoms with Gasteiger partial charge in [-0.1, -0.05) is 31.5 Å². The van der Waals surface area contributed by atoms with E-state index in [1.54, 1.807) is 48.5 Å². The van der Waals surface area contributed by atoms with E-state index in [-0.39, 0.29) is 23.0 Å². The summed E-state index contributed by atoms with van der Waals surface area (Å²) in [6, 6.07) is 10.5. The molecule has 0 bridgehead atoms. The topological polar surface area (TPSA) is 42.3 Å². The summed E-state index contributed by atoms with van der Waals surface area (Å²) in [6.45, 7) is 2.66. The average molecular weight is 328 g/mol. The number of pyridine rings is 1. The van der Waals surface area contributed by atoms with Crippen LogP contribution in [0.15, 0.2) is 53.5 Å². The average Bonchev–Trinajstić information content (AvgIpc) is 2.59. The molecule has 0 aliphatic rings. The first-order valence-electron chi connectivity index (χ1n) is 7.93. The fraction of sp³-hybridized carbons (Fsp3) is 0.263. The van der Waals surface area contributed by atoms with Crippen molar-refractivity contribution in [2.45, 2.75) is 19.8 Å². The van der Waals surface area contributed by atoms with E-state index < -0.39 is 0 Å². The van der Waals surface area contributed by atoms with Crippen LogP contribution in [0, 0.1) is 5.82 Å². The normalized spacial score (nSPS) is 11.4. The van der Waals surface area contributed by atoms with Crippen molar-refractivity contribution >= 4 is 17.7 Å². The van der Waals surface area contributed by atoms with Gasteiger partial charge in [-0.25, -0.2) is 4.39 Å². The molecular formula is C19H21FN2O2. The smallest absolute Gasteiger partial charge is 0.270 e. The Bertz CT molecular complexity index is 778. The second-order valence-corrected chi connectivity index (χ2v) is 5.57. The van der Waals surface area contributed by atoms with Crippen molar-refractivity contribution in [1.82, 2.24) is 9.47 Å². The predicted molar refractivity (Wildman–Crippen MR) is 93.8 cm³/mol. The van der Waals surface area contributed by atoms with E-state index in [1.807, 2.05) is 0 Å². The first-order chi connectivity index (χ1) is 11.5. The molecule has 0 spiro atoms. The highest BCUT2D eigenvalue weighted by atomic mass is 19.1. The minimum Gasteiger partial charge on any atom is -0.340 e. The number of nitrogens with zero attached hydrogens (tertiary/aromatic N) is 2. The molecular weight excluding hydrogens is 307 g/mol. The van der Waals surface area contributed by atoms with Crippen LogP contribution in [0.25, 0.3) is 11.8 Å². The van der Waals surface area contributed by atoms with Crippen LogP contribution in [0.5, 0.6) is 0 Å². The number of likely N-dealkylation sites (N-methyl/N-ethyl adjacent to an activating group) is 1. The molecule has 0 saturated heterocycles. The molecule has 4 nitrogen and oxygen atoms in total. The van der Waals surface area contributed by atoms with E-state index in [4.69, 9.17) is 0 Å². The largest absolute Gasteiger partial charge is 0.340 e. The van der Waals surface area contributed by atoms with Crippen LogP contribution < -0.4 is 5.56 Å². The molecule has 0 atom stereocenters. The number of hydrogen-bond donors (Lipinski definition) is 0. The molecule has 1 heterocycles. The Balaban J connectivity index is 2.45. The summed E-state index contributed by atoms with van der Waals surface area (Å²) in [6.07, 6.45) is 5.02. The summed E-state index contributed by atoms with van der Waals surface area (Å²) in [5.74, 6) is -0.599. The molecule has 0 fully saturated rings. The molecule has 0 saturated carbocycles. The fourth-order valence-corrected chi connectivity index (χ4v) is 2.27. The Hall–Kier alpha value is -2.69. The second kappa shape index (κ2) is 8.24. The van der Waals surface area contributed by atoms with Crippen LogP contribution in [0.3, 0.4) is 0 Å². The summed E-state index contributed by atoms with van der Waals surface area (Å²) in [5.41, 5.74) is 0.605. The van der Waals surface area contributed by atoms with Crippen molar-refractivity contribution < 1.29 is 9.18 Å². The lowest BCUT2D eigenvalue weighted by Gasteiger charge is -2.19. The summed E-state index contributed by atoms with van der Waals surface area (Å²) in [4.78, 5) is 26.5. The maximum atomic E-state index is 13.1. The SMILES string of the molecule is CCCCN(C)C(=O)/C(=C\c1ccc(F)cc1)n1ccccc1=O. The van der Waals surface area contributed by atoms with Gasteiger partial charge < -0.3 is 4.90 Å². The van der Waals surface area contributed by atoms with E-state index in [9.17, 15) is 14.0 Å². The molecule has 0 aliphatic heterocycles. The quantitative estimate of drug-likeness (QED) is 0.764. The molecule has 0 unspecified atom stereocenters. The number of rotatable bonds is 6. The van der Waals surface area contributed by atoms with Gasteiger partial charge in [-0.05, 0) is 36.3 Å². The van der Waals surface area contributed by atoms with Crippen molar-refractivity contribution in [2.75, 3.05) is 13.6 Å². The van der Waals surface area contributed by atoms with E-state index in [2.05, 4.69) is 6.92 Å². The lowest BCUT2D eigenvalue weighted by Crippen LogP contribution is -2.33. The van der Waals surface area contributed by atoms with Gasteiger partial charge in [0.2, 0.25) is 0 Å². The molecule has 1 amide bonds. The first kappa shape index (κ1) is 17.7. The minimum atomic E-state index is -0.350. The number of unbranched alkanes of at least 4 members (excludes halogenated alkanes) is 1. The standard InChI is InChI=1S/C19H21FN2O2/c1-3-4-12-21(2)19(24)17(22-13-6-5-7-18(22)23)14-15-8-10-16(20)11-9-15/h5-11,13-14H,3-4,12H2,1-2H3/b17-14+. The molecule has 24 heavy (non-hydrogen) atoms. The Morgan fingerprint density at radius 3 is 2.54 bits per heavy atom. The second-order valence-electron chi connectivity index (χ2n) is 5.57. The van der Waals surface area contributed by atoms with E-state index in [0.29, 0.717) is 12.1 Å². The zero-order valence-corrected chi connectivity index (χ0v) is 13.9. The van der Waals surface area contributed by atoms with Gasteiger partial charge in [-0.15, -0.1) is 0 Å². The molecule has 2 rings (SSSR count). The molecule has 2 aromatic rings. The lowest BCUT2D eigenvalue weighted by atomic mass is 10.1. The summed E-state index contributed by atoms with van der Waals surface area (Å²) < 4.78 is 14.4. The molecule has 0 N–H and O–H groups in total. The summed E-state index contributed by atoms with van der Waals surface area (Å²) in [5, 5.41) is 0. The highest BCUT2D eigenvalue weighted by molar-refractivity contribution is 6.18. The highest BCUT2D eigenvalue weighted by Crippen LogP contribution is 2.14. The monoisotopic (exact) mass is 328 g/mol. The Labute approximate surface area is 140 Å². The van der Waals surface area contributed by atoms with Crippen LogP contribution in [0.1, 0.15) is 25.3 Å². The number of benzene rings is 1. The van der Waals surface area contributed by atoms with E-state index in [0.717, 1.165) is 12.8 Å². The van der Waals surface area contributed by atoms with Gasteiger partial charge in [0.05, 0.1) is 0 Å². The zero-order valence-electron chi connectivity index (χ0n) is 13.9. The number of halogens is 1. The molecule has 5 heteroatoms. The van der Waals surface area contributed by atoms with Crippen molar-refractivity contribution in [3.8, 4) is 0 Å². The van der Waals surface area contributed by atoms with Crippen molar-refractivity contribution in [2.24, 2.45) is 0 Å². The van der Waals surface area contributed by atoms with Gasteiger partial charge in [0.1, 0.15) is 11.5 Å². The number of carbonyl (C=O) groups excluding carboxylic acids is 1. The van der Waals surface area contributed by atoms with Crippen molar-refractivity contribution in [1.29, 1.82) is 0 Å². The van der Waals surface area contributed by atoms with Gasteiger partial charge >= 0.3 is 0 Å². The van der Waals surface area contributed by atoms with E-state index >= 15 is 0 Å². The van der Waals surface area contributed by atoms with Crippen molar-refractivity contribution in [3.63, 3.8) is 0 Å². The number of amides is 1. The maximum Gasteiger partial charge on any atom is 0.270 e. The first-order valence-corrected chi connectivity index (χ1v) is 7.93. The summed E-state index contributed by atoms with van der Waals surface area (Å²) in [7, 11) is 1.71. The van der Waals surface area contributed by atoms with Crippen LogP contribution in [-0.4, -0.2) is 29.0 Å². The number of aromatic nitrogens is 1. The Kier molecular flexibility index (Phi) is 6.07. The third-order valence-corrected chi connectivity index (χ3v) is 3.67. The van der Waals surface area contributed by atoms with Crippen molar-refractivity contribution in [3.05, 3.63) is 70.4 Å². The molecule has 1 aromatic carbocycles. The van der Waals surface area contributed by atoms with Crippen LogP contribution in [0.2, 0.25) is 0 Å². The van der Waals surface area contributed by atoms with Gasteiger partial charge in [0, 0.05) is 25.9 Å². The molecule has 126 valence electrons. The molecule has 0 radical (unpaired) electrons. The maximum absolute atomic E-state index is 13.1. The minimum absolute atomic E-state index is 0.241. The van der Waals surface area contributed by atoms with Crippen LogP contribution in [-0.2, 0) is 4.79 Å². The zero-order chi connectivity index (χ0) is 17.5. The molecule has 0 aliphatic carbocycles. The Morgan fingerprint density at radius 2 is 1.92 bits per heavy atom. The third kappa shape index (κ3) is 4.41. The van der Waals surface area contributed by atoms with Gasteiger partial charge in [-0.2, -0.15) is 0 Å².